The van der Waals surface area contributed by atoms with Crippen molar-refractivity contribution in [3.05, 3.63) is 0 Å². The smallest absolute Gasteiger partial charge is 0.211 e. The monoisotopic (exact) mass is 251 g/mol. The number of alkyl halides is 3. The lowest BCUT2D eigenvalue weighted by atomic mass is 10.7. The molecule has 0 aromatic rings. The Morgan fingerprint density at radius 2 is 2.00 bits per heavy atom. The number of hydrogen-bond acceptors (Lipinski definition) is 2. The number of rotatable bonds is 4. The molecule has 0 aromatic heterocycles. The maximum absolute atomic E-state index is 11.6. The van der Waals surface area contributed by atoms with Gasteiger partial charge in [0.25, 0.3) is 6.43 Å². The molecule has 0 heterocycles. The van der Waals surface area contributed by atoms with Gasteiger partial charge in [-0.25, -0.2) is 17.2 Å². The van der Waals surface area contributed by atoms with E-state index in [9.17, 15) is 17.2 Å². The average molecular weight is 252 g/mol. The van der Waals surface area contributed by atoms with Gasteiger partial charge in [0, 0.05) is 7.05 Å². The largest absolute Gasteiger partial charge is 0.252 e. The van der Waals surface area contributed by atoms with Gasteiger partial charge in [0.1, 0.15) is 4.66 Å². The molecule has 0 radical (unpaired) electrons. The maximum Gasteiger partial charge on any atom is 0.252 e. The summed E-state index contributed by atoms with van der Waals surface area (Å²) in [4.78, 5) is 0. The van der Waals surface area contributed by atoms with Crippen LogP contribution in [0, 0.1) is 0 Å². The molecule has 0 aromatic carbocycles. The lowest BCUT2D eigenvalue weighted by Gasteiger charge is -2.13. The molecular weight excluding hydrogens is 244 g/mol. The number of halogens is 3. The second-order valence-corrected chi connectivity index (χ2v) is 5.27. The van der Waals surface area contributed by atoms with E-state index in [0.29, 0.717) is 4.31 Å². The molecule has 0 aliphatic carbocycles. The number of nitrogens with zero attached hydrogens (tertiary/aromatic N) is 1. The van der Waals surface area contributed by atoms with Gasteiger partial charge in [-0.3, -0.25) is 0 Å². The lowest BCUT2D eigenvalue weighted by molar-refractivity contribution is 0.126. The van der Waals surface area contributed by atoms with Crippen molar-refractivity contribution < 1.29 is 17.2 Å². The highest BCUT2D eigenvalue weighted by atomic mass is 79.9. The van der Waals surface area contributed by atoms with Crippen LogP contribution in [0.5, 0.6) is 0 Å². The topological polar surface area (TPSA) is 37.4 Å². The van der Waals surface area contributed by atoms with E-state index in [1.807, 2.05) is 0 Å². The van der Waals surface area contributed by atoms with Crippen LogP contribution >= 0.6 is 15.9 Å². The third kappa shape index (κ3) is 3.97. The molecule has 0 N–H and O–H groups in total. The highest BCUT2D eigenvalue weighted by Crippen LogP contribution is 2.04. The fourth-order valence-corrected chi connectivity index (χ4v) is 1.95. The standard InChI is InChI=1S/C4H8BrF2NO2S/c1-8(2-4(6)7)11(9,10)3-5/h4H,2-3H2,1H3. The zero-order valence-electron chi connectivity index (χ0n) is 5.80. The maximum atomic E-state index is 11.6. The van der Waals surface area contributed by atoms with E-state index < -0.39 is 23.0 Å². The van der Waals surface area contributed by atoms with E-state index in [4.69, 9.17) is 0 Å². The molecule has 11 heavy (non-hydrogen) atoms. The summed E-state index contributed by atoms with van der Waals surface area (Å²) < 4.78 is 45.1. The predicted octanol–water partition coefficient (Wildman–Crippen LogP) is 0.866. The van der Waals surface area contributed by atoms with Gasteiger partial charge >= 0.3 is 0 Å². The van der Waals surface area contributed by atoms with Crippen LogP contribution in [-0.2, 0) is 10.0 Å². The second kappa shape index (κ2) is 4.32. The predicted molar refractivity (Wildman–Crippen MR) is 41.3 cm³/mol. The summed E-state index contributed by atoms with van der Waals surface area (Å²) in [7, 11) is -2.41. The van der Waals surface area contributed by atoms with Crippen LogP contribution in [0.2, 0.25) is 0 Å². The molecule has 0 aliphatic rings. The molecule has 0 bridgehead atoms. The summed E-state index contributed by atoms with van der Waals surface area (Å²) in [5.41, 5.74) is 0. The molecule has 0 atom stereocenters. The van der Waals surface area contributed by atoms with Gasteiger partial charge in [-0.05, 0) is 0 Å². The van der Waals surface area contributed by atoms with E-state index in [-0.39, 0.29) is 4.66 Å². The van der Waals surface area contributed by atoms with E-state index in [0.717, 1.165) is 7.05 Å². The van der Waals surface area contributed by atoms with Crippen LogP contribution in [0.25, 0.3) is 0 Å². The zero-order chi connectivity index (χ0) is 9.07. The van der Waals surface area contributed by atoms with E-state index in [1.165, 1.54) is 0 Å². The number of hydrogen-bond donors (Lipinski definition) is 0. The molecule has 0 saturated heterocycles. The third-order valence-electron chi connectivity index (χ3n) is 1.01. The van der Waals surface area contributed by atoms with Gasteiger partial charge in [-0.2, -0.15) is 4.31 Å². The molecule has 0 saturated carbocycles. The van der Waals surface area contributed by atoms with Crippen molar-refractivity contribution in [2.45, 2.75) is 6.43 Å². The molecule has 3 nitrogen and oxygen atoms in total. The molecule has 0 amide bonds. The summed E-state index contributed by atoms with van der Waals surface area (Å²) in [6, 6.07) is 0. The van der Waals surface area contributed by atoms with Crippen LogP contribution in [0.3, 0.4) is 0 Å². The quantitative estimate of drug-likeness (QED) is 0.696. The summed E-state index contributed by atoms with van der Waals surface area (Å²) in [5, 5.41) is 0. The highest BCUT2D eigenvalue weighted by Gasteiger charge is 2.19. The molecule has 0 aliphatic heterocycles. The van der Waals surface area contributed by atoms with Crippen molar-refractivity contribution in [3.8, 4) is 0 Å². The minimum atomic E-state index is -3.52. The van der Waals surface area contributed by atoms with E-state index in [2.05, 4.69) is 15.9 Å². The summed E-state index contributed by atoms with van der Waals surface area (Å²) in [6.07, 6.45) is -2.63. The fraction of sp³-hybridized carbons (Fsp3) is 1.00. The molecule has 0 rings (SSSR count). The molecule has 0 fully saturated rings. The summed E-state index contributed by atoms with van der Waals surface area (Å²) >= 11 is 2.69. The van der Waals surface area contributed by atoms with Crippen molar-refractivity contribution in [2.24, 2.45) is 0 Å². The Hall–Kier alpha value is 0.250. The van der Waals surface area contributed by atoms with Gasteiger partial charge < -0.3 is 0 Å². The normalized spacial score (nSPS) is 12.9. The molecule has 68 valence electrons. The Morgan fingerprint density at radius 3 is 2.27 bits per heavy atom. The Balaban J connectivity index is 4.14. The SMILES string of the molecule is CN(CC(F)F)S(=O)(=O)CBr. The van der Waals surface area contributed by atoms with E-state index >= 15 is 0 Å². The van der Waals surface area contributed by atoms with Crippen molar-refractivity contribution in [1.82, 2.24) is 4.31 Å². The Bertz CT molecular complexity index is 206. The van der Waals surface area contributed by atoms with Crippen molar-refractivity contribution >= 4 is 26.0 Å². The first kappa shape index (κ1) is 11.2. The van der Waals surface area contributed by atoms with Gasteiger partial charge in [-0.1, -0.05) is 15.9 Å². The van der Waals surface area contributed by atoms with Crippen LogP contribution in [0.15, 0.2) is 0 Å². The molecular formula is C4H8BrF2NO2S. The highest BCUT2D eigenvalue weighted by molar-refractivity contribution is 9.10. The first-order valence-corrected chi connectivity index (χ1v) is 5.41. The fourth-order valence-electron chi connectivity index (χ4n) is 0.391. The van der Waals surface area contributed by atoms with Crippen LogP contribution < -0.4 is 0 Å². The Labute approximate surface area is 72.6 Å². The second-order valence-electron chi connectivity index (χ2n) is 1.89. The summed E-state index contributed by atoms with van der Waals surface area (Å²) in [5.74, 6) is 0. The van der Waals surface area contributed by atoms with Crippen molar-refractivity contribution in [3.63, 3.8) is 0 Å². The minimum absolute atomic E-state index is 0.330. The molecule has 0 unspecified atom stereocenters. The van der Waals surface area contributed by atoms with Gasteiger partial charge in [0.2, 0.25) is 10.0 Å². The van der Waals surface area contributed by atoms with Crippen LogP contribution in [0.1, 0.15) is 0 Å². The van der Waals surface area contributed by atoms with E-state index in [1.54, 1.807) is 0 Å². The van der Waals surface area contributed by atoms with Gasteiger partial charge in [0.15, 0.2) is 0 Å². The van der Waals surface area contributed by atoms with Crippen molar-refractivity contribution in [1.29, 1.82) is 0 Å². The van der Waals surface area contributed by atoms with Crippen LogP contribution in [0.4, 0.5) is 8.78 Å². The minimum Gasteiger partial charge on any atom is -0.211 e. The van der Waals surface area contributed by atoms with Gasteiger partial charge in [-0.15, -0.1) is 0 Å². The molecule has 0 spiro atoms. The Morgan fingerprint density at radius 1 is 1.55 bits per heavy atom. The zero-order valence-corrected chi connectivity index (χ0v) is 8.20. The van der Waals surface area contributed by atoms with Crippen molar-refractivity contribution in [2.75, 3.05) is 18.3 Å². The number of sulfonamides is 1. The van der Waals surface area contributed by atoms with Crippen LogP contribution in [-0.4, -0.2) is 37.4 Å². The Kier molecular flexibility index (Phi) is 4.42. The third-order valence-corrected chi connectivity index (χ3v) is 4.12. The first-order valence-electron chi connectivity index (χ1n) is 2.68. The first-order chi connectivity index (χ1) is 4.90. The van der Waals surface area contributed by atoms with Gasteiger partial charge in [0.05, 0.1) is 6.54 Å². The average Bonchev–Trinajstić information content (AvgIpc) is 1.86. The lowest BCUT2D eigenvalue weighted by Crippen LogP contribution is -2.31. The molecule has 7 heteroatoms. The summed E-state index contributed by atoms with van der Waals surface area (Å²) in [6.45, 7) is -0.756.